The van der Waals surface area contributed by atoms with Crippen LogP contribution < -0.4 is 20.3 Å². The zero-order chi connectivity index (χ0) is 30.7. The maximum Gasteiger partial charge on any atom is 0.416 e. The Bertz CT molecular complexity index is 1630. The van der Waals surface area contributed by atoms with Gasteiger partial charge in [0, 0.05) is 50.3 Å². The van der Waals surface area contributed by atoms with E-state index in [1.807, 2.05) is 19.0 Å². The van der Waals surface area contributed by atoms with Crippen molar-refractivity contribution < 1.29 is 22.7 Å². The van der Waals surface area contributed by atoms with Crippen LogP contribution in [-0.4, -0.2) is 66.0 Å². The van der Waals surface area contributed by atoms with Gasteiger partial charge in [-0.2, -0.15) is 13.2 Å². The number of likely N-dealkylation sites (N-methyl/N-ethyl adjacent to an activating group) is 1. The number of amides is 1. The van der Waals surface area contributed by atoms with E-state index >= 15 is 0 Å². The number of halogens is 4. The van der Waals surface area contributed by atoms with Crippen molar-refractivity contribution in [1.29, 1.82) is 0 Å². The Kier molecular flexibility index (Phi) is 8.69. The Balaban J connectivity index is 1.44. The van der Waals surface area contributed by atoms with Crippen molar-refractivity contribution in [2.75, 3.05) is 49.8 Å². The molecule has 0 saturated carbocycles. The number of ether oxygens (including phenoxy) is 1. The van der Waals surface area contributed by atoms with E-state index in [1.54, 1.807) is 43.7 Å². The fourth-order valence-electron chi connectivity index (χ4n) is 4.81. The van der Waals surface area contributed by atoms with Crippen LogP contribution in [-0.2, 0) is 6.18 Å². The van der Waals surface area contributed by atoms with Crippen molar-refractivity contribution in [3.63, 3.8) is 0 Å². The summed E-state index contributed by atoms with van der Waals surface area (Å²) in [6.07, 6.45) is -0.632. The molecule has 4 aromatic rings. The van der Waals surface area contributed by atoms with Crippen LogP contribution in [0.1, 0.15) is 22.3 Å². The smallest absolute Gasteiger partial charge is 0.416 e. The maximum absolute atomic E-state index is 13.6. The molecule has 0 spiro atoms. The molecule has 0 bridgehead atoms. The summed E-state index contributed by atoms with van der Waals surface area (Å²) in [5, 5.41) is 5.75. The summed E-state index contributed by atoms with van der Waals surface area (Å²) in [5.41, 5.74) is 0.728. The first kappa shape index (κ1) is 30.1. The lowest BCUT2D eigenvalue weighted by atomic mass is 10.1. The van der Waals surface area contributed by atoms with Crippen molar-refractivity contribution in [2.45, 2.75) is 18.6 Å². The van der Waals surface area contributed by atoms with Crippen LogP contribution >= 0.6 is 11.6 Å². The van der Waals surface area contributed by atoms with E-state index in [2.05, 4.69) is 30.5 Å². The van der Waals surface area contributed by atoms with Gasteiger partial charge in [-0.15, -0.1) is 0 Å². The summed E-state index contributed by atoms with van der Waals surface area (Å²) in [6.45, 7) is 1.18. The molecule has 0 aliphatic carbocycles. The van der Waals surface area contributed by atoms with Crippen molar-refractivity contribution in [2.24, 2.45) is 0 Å². The molecule has 2 N–H and O–H groups in total. The number of carbonyl (C=O) groups is 1. The SMILES string of the molecule is CNc1nccc(-c2cccnc2Oc2ccc(Cl)c(NC(=O)c3cc(C(F)(F)F)ccc3N3CC[C@H](N(C)C)C3)c2)n1. The lowest BCUT2D eigenvalue weighted by molar-refractivity contribution is -0.137. The fraction of sp³-hybridized carbons (Fsp3) is 0.267. The zero-order valence-electron chi connectivity index (χ0n) is 23.6. The highest BCUT2D eigenvalue weighted by Crippen LogP contribution is 2.37. The standard InChI is InChI=1S/C30H29ClF3N7O2/c1-35-29-37-13-10-24(39-29)21-5-4-12-36-28(21)43-20-7-8-23(31)25(16-20)38-27(42)22-15-18(30(32,33)34)6-9-26(22)41-14-11-19(17-41)40(2)3/h4-10,12-13,15-16,19H,11,14,17H2,1-3H3,(H,38,42)(H,35,37,39)/t19-/m0/s1. The highest BCUT2D eigenvalue weighted by Gasteiger charge is 2.34. The molecule has 0 radical (unpaired) electrons. The number of rotatable bonds is 8. The number of pyridine rings is 1. The third-order valence-corrected chi connectivity index (χ3v) is 7.46. The minimum Gasteiger partial charge on any atom is -0.438 e. The van der Waals surface area contributed by atoms with Gasteiger partial charge in [0.1, 0.15) is 5.75 Å². The minimum absolute atomic E-state index is 0.104. The number of nitrogens with zero attached hydrogens (tertiary/aromatic N) is 5. The first-order valence-corrected chi connectivity index (χ1v) is 13.8. The van der Waals surface area contributed by atoms with Crippen LogP contribution in [0.3, 0.4) is 0 Å². The summed E-state index contributed by atoms with van der Waals surface area (Å²) in [4.78, 5) is 30.5. The number of benzene rings is 2. The largest absolute Gasteiger partial charge is 0.438 e. The Morgan fingerprint density at radius 1 is 1.09 bits per heavy atom. The molecule has 1 aliphatic heterocycles. The van der Waals surface area contributed by atoms with E-state index in [4.69, 9.17) is 16.3 Å². The second kappa shape index (κ2) is 12.4. The van der Waals surface area contributed by atoms with Crippen molar-refractivity contribution in [1.82, 2.24) is 19.9 Å². The molecule has 1 amide bonds. The molecule has 5 rings (SSSR count). The van der Waals surface area contributed by atoms with E-state index in [0.717, 1.165) is 18.6 Å². The summed E-state index contributed by atoms with van der Waals surface area (Å²) in [7, 11) is 5.61. The van der Waals surface area contributed by atoms with Crippen molar-refractivity contribution in [3.8, 4) is 22.9 Å². The number of carbonyl (C=O) groups excluding carboxylic acids is 1. The Morgan fingerprint density at radius 3 is 2.63 bits per heavy atom. The average molecular weight is 612 g/mol. The van der Waals surface area contributed by atoms with Gasteiger partial charge in [0.05, 0.1) is 33.1 Å². The second-order valence-corrected chi connectivity index (χ2v) is 10.6. The number of anilines is 3. The minimum atomic E-state index is -4.62. The molecule has 2 aromatic carbocycles. The molecule has 2 aromatic heterocycles. The van der Waals surface area contributed by atoms with Gasteiger partial charge in [-0.05, 0) is 69.0 Å². The summed E-state index contributed by atoms with van der Waals surface area (Å²) in [5.74, 6) is 0.226. The van der Waals surface area contributed by atoms with Crippen LogP contribution in [0.5, 0.6) is 11.6 Å². The highest BCUT2D eigenvalue weighted by molar-refractivity contribution is 6.34. The number of hydrogen-bond acceptors (Lipinski definition) is 8. The van der Waals surface area contributed by atoms with Gasteiger partial charge in [-0.3, -0.25) is 4.79 Å². The predicted molar refractivity (Wildman–Crippen MR) is 160 cm³/mol. The normalized spacial score (nSPS) is 15.1. The molecule has 224 valence electrons. The lowest BCUT2D eigenvalue weighted by Crippen LogP contribution is -2.32. The Labute approximate surface area is 251 Å². The van der Waals surface area contributed by atoms with E-state index in [0.29, 0.717) is 41.7 Å². The predicted octanol–water partition coefficient (Wildman–Crippen LogP) is 6.44. The van der Waals surface area contributed by atoms with E-state index in [1.165, 1.54) is 18.2 Å². The van der Waals surface area contributed by atoms with Crippen molar-refractivity contribution >= 4 is 34.8 Å². The molecule has 1 atom stereocenters. The fourth-order valence-corrected chi connectivity index (χ4v) is 4.98. The van der Waals surface area contributed by atoms with Gasteiger partial charge >= 0.3 is 6.18 Å². The van der Waals surface area contributed by atoms with Gasteiger partial charge in [-0.25, -0.2) is 15.0 Å². The first-order chi connectivity index (χ1) is 20.5. The topological polar surface area (TPSA) is 95.5 Å². The maximum atomic E-state index is 13.6. The molecule has 9 nitrogen and oxygen atoms in total. The monoisotopic (exact) mass is 611 g/mol. The Morgan fingerprint density at radius 2 is 1.91 bits per heavy atom. The van der Waals surface area contributed by atoms with Crippen LogP contribution in [0.2, 0.25) is 5.02 Å². The summed E-state index contributed by atoms with van der Waals surface area (Å²) >= 11 is 6.41. The molecule has 1 aliphatic rings. The number of alkyl halides is 3. The summed E-state index contributed by atoms with van der Waals surface area (Å²) in [6, 6.07) is 13.3. The Hall–Kier alpha value is -4.42. The molecule has 0 unspecified atom stereocenters. The summed E-state index contributed by atoms with van der Waals surface area (Å²) < 4.78 is 47.0. The van der Waals surface area contributed by atoms with Crippen LogP contribution in [0.25, 0.3) is 11.3 Å². The van der Waals surface area contributed by atoms with Crippen LogP contribution in [0.15, 0.2) is 67.0 Å². The molecule has 1 fully saturated rings. The van der Waals surface area contributed by atoms with E-state index in [9.17, 15) is 18.0 Å². The molecular formula is C30H29ClF3N7O2. The van der Waals surface area contributed by atoms with Gasteiger partial charge in [0.15, 0.2) is 0 Å². The molecular weight excluding hydrogens is 583 g/mol. The number of hydrogen-bond donors (Lipinski definition) is 2. The third-order valence-electron chi connectivity index (χ3n) is 7.13. The van der Waals surface area contributed by atoms with Crippen LogP contribution in [0, 0.1) is 0 Å². The molecule has 3 heterocycles. The zero-order valence-corrected chi connectivity index (χ0v) is 24.4. The number of aromatic nitrogens is 3. The van der Waals surface area contributed by atoms with E-state index < -0.39 is 17.6 Å². The molecule has 43 heavy (non-hydrogen) atoms. The van der Waals surface area contributed by atoms with E-state index in [-0.39, 0.29) is 28.2 Å². The lowest BCUT2D eigenvalue weighted by Gasteiger charge is -2.24. The van der Waals surface area contributed by atoms with Crippen molar-refractivity contribution in [3.05, 3.63) is 83.1 Å². The molecule has 1 saturated heterocycles. The number of nitrogens with one attached hydrogen (secondary N) is 2. The van der Waals surface area contributed by atoms with Gasteiger partial charge in [0.25, 0.3) is 5.91 Å². The second-order valence-electron chi connectivity index (χ2n) is 10.2. The quantitative estimate of drug-likeness (QED) is 0.235. The average Bonchev–Trinajstić information content (AvgIpc) is 3.49. The van der Waals surface area contributed by atoms with Crippen LogP contribution in [0.4, 0.5) is 30.5 Å². The molecule has 13 heteroatoms. The van der Waals surface area contributed by atoms with Gasteiger partial charge < -0.3 is 25.2 Å². The van der Waals surface area contributed by atoms with Gasteiger partial charge in [-0.1, -0.05) is 11.6 Å². The highest BCUT2D eigenvalue weighted by atomic mass is 35.5. The third kappa shape index (κ3) is 6.81. The van der Waals surface area contributed by atoms with Gasteiger partial charge in [0.2, 0.25) is 11.8 Å². The first-order valence-electron chi connectivity index (χ1n) is 13.4.